The lowest BCUT2D eigenvalue weighted by Crippen LogP contribution is -2.48. The molecule has 0 saturated carbocycles. The summed E-state index contributed by atoms with van der Waals surface area (Å²) in [5, 5.41) is 5.63. The van der Waals surface area contributed by atoms with Crippen LogP contribution in [0.3, 0.4) is 0 Å². The highest BCUT2D eigenvalue weighted by molar-refractivity contribution is 5.89. The highest BCUT2D eigenvalue weighted by Gasteiger charge is 2.18. The van der Waals surface area contributed by atoms with Gasteiger partial charge in [-0.05, 0) is 24.6 Å². The summed E-state index contributed by atoms with van der Waals surface area (Å²) >= 11 is 0. The molecule has 2 N–H and O–H groups in total. The maximum absolute atomic E-state index is 11.7. The second-order valence-electron chi connectivity index (χ2n) is 5.42. The van der Waals surface area contributed by atoms with Gasteiger partial charge in [-0.1, -0.05) is 13.0 Å². The standard InChI is InChI=1S/C16H24N4O2/c1-3-7-17-16(22)18-14-5-4-6-15(12-14)20-10-8-19(9-11-20)13(2)21/h4-6,12H,3,7-11H2,1-2H3,(H2,17,18,22). The number of nitrogens with zero attached hydrogens (tertiary/aromatic N) is 2. The number of piperazine rings is 1. The minimum atomic E-state index is -0.180. The van der Waals surface area contributed by atoms with E-state index in [9.17, 15) is 9.59 Å². The molecule has 120 valence electrons. The second kappa shape index (κ2) is 7.68. The Hall–Kier alpha value is -2.24. The summed E-state index contributed by atoms with van der Waals surface area (Å²) in [7, 11) is 0. The van der Waals surface area contributed by atoms with Crippen LogP contribution in [0.4, 0.5) is 16.2 Å². The summed E-state index contributed by atoms with van der Waals surface area (Å²) in [6.45, 7) is 7.39. The fourth-order valence-corrected chi connectivity index (χ4v) is 2.47. The van der Waals surface area contributed by atoms with E-state index in [1.165, 1.54) is 0 Å². The molecule has 2 rings (SSSR count). The Kier molecular flexibility index (Phi) is 5.63. The molecule has 1 fully saturated rings. The van der Waals surface area contributed by atoms with Crippen molar-refractivity contribution >= 4 is 23.3 Å². The van der Waals surface area contributed by atoms with Gasteiger partial charge in [-0.3, -0.25) is 4.79 Å². The number of rotatable bonds is 4. The second-order valence-corrected chi connectivity index (χ2v) is 5.42. The van der Waals surface area contributed by atoms with Crippen LogP contribution in [0.25, 0.3) is 0 Å². The molecule has 22 heavy (non-hydrogen) atoms. The van der Waals surface area contributed by atoms with Crippen LogP contribution in [-0.2, 0) is 4.79 Å². The first-order chi connectivity index (χ1) is 10.6. The van der Waals surface area contributed by atoms with Gasteiger partial charge in [0.25, 0.3) is 0 Å². The van der Waals surface area contributed by atoms with Gasteiger partial charge in [0.2, 0.25) is 5.91 Å². The van der Waals surface area contributed by atoms with Gasteiger partial charge in [0.05, 0.1) is 0 Å². The Morgan fingerprint density at radius 2 is 1.91 bits per heavy atom. The molecular formula is C16H24N4O2. The molecule has 0 aromatic heterocycles. The maximum Gasteiger partial charge on any atom is 0.319 e. The molecule has 3 amide bonds. The topological polar surface area (TPSA) is 64.7 Å². The average molecular weight is 304 g/mol. The van der Waals surface area contributed by atoms with Crippen molar-refractivity contribution in [3.63, 3.8) is 0 Å². The maximum atomic E-state index is 11.7. The molecule has 1 aromatic carbocycles. The molecule has 1 aromatic rings. The summed E-state index contributed by atoms with van der Waals surface area (Å²) in [5.74, 6) is 0.127. The van der Waals surface area contributed by atoms with Gasteiger partial charge in [-0.25, -0.2) is 4.79 Å². The summed E-state index contributed by atoms with van der Waals surface area (Å²) < 4.78 is 0. The monoisotopic (exact) mass is 304 g/mol. The van der Waals surface area contributed by atoms with E-state index in [1.54, 1.807) is 6.92 Å². The van der Waals surface area contributed by atoms with Crippen molar-refractivity contribution in [2.75, 3.05) is 42.9 Å². The van der Waals surface area contributed by atoms with Crippen LogP contribution in [0.15, 0.2) is 24.3 Å². The molecule has 0 bridgehead atoms. The van der Waals surface area contributed by atoms with Crippen molar-refractivity contribution in [1.82, 2.24) is 10.2 Å². The van der Waals surface area contributed by atoms with E-state index in [2.05, 4.69) is 15.5 Å². The van der Waals surface area contributed by atoms with Gasteiger partial charge >= 0.3 is 6.03 Å². The Labute approximate surface area is 131 Å². The number of carbonyl (C=O) groups excluding carboxylic acids is 2. The number of nitrogens with one attached hydrogen (secondary N) is 2. The van der Waals surface area contributed by atoms with E-state index in [0.29, 0.717) is 6.54 Å². The van der Waals surface area contributed by atoms with Gasteiger partial charge in [0, 0.05) is 51.0 Å². The number of hydrogen-bond acceptors (Lipinski definition) is 3. The lowest BCUT2D eigenvalue weighted by atomic mass is 10.2. The molecule has 1 aliphatic heterocycles. The molecule has 0 aliphatic carbocycles. The molecule has 0 unspecified atom stereocenters. The smallest absolute Gasteiger partial charge is 0.319 e. The first-order valence-electron chi connectivity index (χ1n) is 7.75. The fourth-order valence-electron chi connectivity index (χ4n) is 2.47. The van der Waals surface area contributed by atoms with Crippen LogP contribution in [0.1, 0.15) is 20.3 Å². The number of amides is 3. The van der Waals surface area contributed by atoms with Gasteiger partial charge in [-0.15, -0.1) is 0 Å². The van der Waals surface area contributed by atoms with Crippen molar-refractivity contribution in [2.24, 2.45) is 0 Å². The van der Waals surface area contributed by atoms with Crippen molar-refractivity contribution in [3.05, 3.63) is 24.3 Å². The van der Waals surface area contributed by atoms with E-state index in [1.807, 2.05) is 36.1 Å². The van der Waals surface area contributed by atoms with Crippen LogP contribution in [0.2, 0.25) is 0 Å². The fraction of sp³-hybridized carbons (Fsp3) is 0.500. The third kappa shape index (κ3) is 4.38. The SMILES string of the molecule is CCCNC(=O)Nc1cccc(N2CCN(C(C)=O)CC2)c1. The van der Waals surface area contributed by atoms with Crippen molar-refractivity contribution in [1.29, 1.82) is 0 Å². The van der Waals surface area contributed by atoms with E-state index in [4.69, 9.17) is 0 Å². The summed E-state index contributed by atoms with van der Waals surface area (Å²) in [6.07, 6.45) is 0.911. The normalized spacial score (nSPS) is 14.6. The minimum Gasteiger partial charge on any atom is -0.368 e. The molecule has 0 atom stereocenters. The van der Waals surface area contributed by atoms with Crippen molar-refractivity contribution in [2.45, 2.75) is 20.3 Å². The summed E-state index contributed by atoms with van der Waals surface area (Å²) in [4.78, 5) is 27.1. The van der Waals surface area contributed by atoms with Crippen molar-refractivity contribution < 1.29 is 9.59 Å². The van der Waals surface area contributed by atoms with Crippen LogP contribution in [0, 0.1) is 0 Å². The van der Waals surface area contributed by atoms with E-state index >= 15 is 0 Å². The predicted molar refractivity (Wildman–Crippen MR) is 88.2 cm³/mol. The third-order valence-electron chi connectivity index (χ3n) is 3.73. The molecule has 0 radical (unpaired) electrons. The molecular weight excluding hydrogens is 280 g/mol. The number of carbonyl (C=O) groups is 2. The minimum absolute atomic E-state index is 0.127. The largest absolute Gasteiger partial charge is 0.368 e. The molecule has 1 saturated heterocycles. The average Bonchev–Trinajstić information content (AvgIpc) is 2.53. The molecule has 6 heteroatoms. The number of hydrogen-bond donors (Lipinski definition) is 2. The van der Waals surface area contributed by atoms with Crippen molar-refractivity contribution in [3.8, 4) is 0 Å². The quantitative estimate of drug-likeness (QED) is 0.893. The Morgan fingerprint density at radius 3 is 2.55 bits per heavy atom. The number of anilines is 2. The highest BCUT2D eigenvalue weighted by Crippen LogP contribution is 2.21. The predicted octanol–water partition coefficient (Wildman–Crippen LogP) is 1.89. The van der Waals surface area contributed by atoms with Gasteiger partial charge < -0.3 is 20.4 Å². The third-order valence-corrected chi connectivity index (χ3v) is 3.73. The number of benzene rings is 1. The van der Waals surface area contributed by atoms with Gasteiger partial charge in [-0.2, -0.15) is 0 Å². The number of urea groups is 1. The van der Waals surface area contributed by atoms with Crippen LogP contribution >= 0.6 is 0 Å². The zero-order valence-corrected chi connectivity index (χ0v) is 13.3. The lowest BCUT2D eigenvalue weighted by molar-refractivity contribution is -0.129. The molecule has 1 heterocycles. The first kappa shape index (κ1) is 16.1. The highest BCUT2D eigenvalue weighted by atomic mass is 16.2. The zero-order valence-electron chi connectivity index (χ0n) is 13.3. The van der Waals surface area contributed by atoms with E-state index in [-0.39, 0.29) is 11.9 Å². The van der Waals surface area contributed by atoms with E-state index < -0.39 is 0 Å². The first-order valence-corrected chi connectivity index (χ1v) is 7.75. The van der Waals surface area contributed by atoms with Crippen LogP contribution in [0.5, 0.6) is 0 Å². The summed E-state index contributed by atoms with van der Waals surface area (Å²) in [6, 6.07) is 7.62. The molecule has 1 aliphatic rings. The lowest BCUT2D eigenvalue weighted by Gasteiger charge is -2.35. The molecule has 6 nitrogen and oxygen atoms in total. The van der Waals surface area contributed by atoms with E-state index in [0.717, 1.165) is 44.0 Å². The van der Waals surface area contributed by atoms with Gasteiger partial charge in [0.15, 0.2) is 0 Å². The van der Waals surface area contributed by atoms with Crippen LogP contribution < -0.4 is 15.5 Å². The Balaban J connectivity index is 1.94. The molecule has 0 spiro atoms. The zero-order chi connectivity index (χ0) is 15.9. The Morgan fingerprint density at radius 1 is 1.18 bits per heavy atom. The van der Waals surface area contributed by atoms with Crippen LogP contribution in [-0.4, -0.2) is 49.6 Å². The van der Waals surface area contributed by atoms with Gasteiger partial charge in [0.1, 0.15) is 0 Å². The summed E-state index contributed by atoms with van der Waals surface area (Å²) in [5.41, 5.74) is 1.84. The Bertz CT molecular complexity index is 525.